The monoisotopic (exact) mass is 477 g/mol. The lowest BCUT2D eigenvalue weighted by molar-refractivity contribution is -0.122. The molecular formula is C27H31N3O3S. The van der Waals surface area contributed by atoms with Gasteiger partial charge in [-0.1, -0.05) is 13.0 Å². The molecule has 1 N–H and O–H groups in total. The maximum Gasteiger partial charge on any atom is 0.270 e. The van der Waals surface area contributed by atoms with E-state index in [-0.39, 0.29) is 16.2 Å². The SMILES string of the molecule is CCOc1ccc(N2C(=O)/C(=C/c3ccc4c(c3)[C@@H](C)CC(C)(C)N4CC)C(=O)NC2=S)cc1. The van der Waals surface area contributed by atoms with E-state index in [0.29, 0.717) is 24.0 Å². The number of nitrogens with one attached hydrogen (secondary N) is 1. The summed E-state index contributed by atoms with van der Waals surface area (Å²) in [5, 5.41) is 2.72. The summed E-state index contributed by atoms with van der Waals surface area (Å²) in [6, 6.07) is 13.2. The molecule has 2 aliphatic heterocycles. The molecule has 7 heteroatoms. The summed E-state index contributed by atoms with van der Waals surface area (Å²) < 4.78 is 5.48. The van der Waals surface area contributed by atoms with Crippen LogP contribution in [0.4, 0.5) is 11.4 Å². The van der Waals surface area contributed by atoms with Gasteiger partial charge in [0.1, 0.15) is 11.3 Å². The highest BCUT2D eigenvalue weighted by Crippen LogP contribution is 2.43. The number of thiocarbonyl (C=S) groups is 1. The summed E-state index contributed by atoms with van der Waals surface area (Å²) in [6.07, 6.45) is 2.69. The standard InChI is InChI=1S/C27H31N3O3S/c1-6-29-23-13-8-18(14-21(23)17(3)16-27(29,4)5)15-22-24(31)28-26(34)30(25(22)32)19-9-11-20(12-10-19)33-7-2/h8-15,17H,6-7,16H2,1-5H3,(H,28,31,34)/b22-15+/t17-/m0/s1. The van der Waals surface area contributed by atoms with Crippen molar-refractivity contribution in [2.75, 3.05) is 23.0 Å². The fraction of sp³-hybridized carbons (Fsp3) is 0.370. The smallest absolute Gasteiger partial charge is 0.270 e. The van der Waals surface area contributed by atoms with E-state index in [1.165, 1.54) is 16.2 Å². The second-order valence-corrected chi connectivity index (χ2v) is 9.75. The lowest BCUT2D eigenvalue weighted by atomic mass is 9.79. The van der Waals surface area contributed by atoms with Crippen LogP contribution in [0.3, 0.4) is 0 Å². The average Bonchev–Trinajstić information content (AvgIpc) is 2.78. The highest BCUT2D eigenvalue weighted by Gasteiger charge is 2.36. The fourth-order valence-corrected chi connectivity index (χ4v) is 5.39. The van der Waals surface area contributed by atoms with E-state index >= 15 is 0 Å². The van der Waals surface area contributed by atoms with Crippen molar-refractivity contribution in [3.8, 4) is 5.75 Å². The van der Waals surface area contributed by atoms with Crippen LogP contribution in [0.5, 0.6) is 5.75 Å². The Morgan fingerprint density at radius 2 is 1.85 bits per heavy atom. The summed E-state index contributed by atoms with van der Waals surface area (Å²) in [4.78, 5) is 29.9. The molecular weight excluding hydrogens is 446 g/mol. The molecule has 1 saturated heterocycles. The molecule has 2 aromatic carbocycles. The Morgan fingerprint density at radius 3 is 2.50 bits per heavy atom. The number of amides is 2. The van der Waals surface area contributed by atoms with E-state index < -0.39 is 11.8 Å². The Labute approximate surface area is 206 Å². The van der Waals surface area contributed by atoms with Gasteiger partial charge in [-0.2, -0.15) is 0 Å². The van der Waals surface area contributed by atoms with Gasteiger partial charge in [-0.25, -0.2) is 0 Å². The zero-order valence-electron chi connectivity index (χ0n) is 20.3. The molecule has 2 heterocycles. The average molecular weight is 478 g/mol. The van der Waals surface area contributed by atoms with Crippen LogP contribution in [0.25, 0.3) is 6.08 Å². The highest BCUT2D eigenvalue weighted by molar-refractivity contribution is 7.80. The minimum Gasteiger partial charge on any atom is -0.494 e. The molecule has 0 spiro atoms. The van der Waals surface area contributed by atoms with Crippen molar-refractivity contribution in [2.45, 2.75) is 52.5 Å². The Morgan fingerprint density at radius 1 is 1.15 bits per heavy atom. The van der Waals surface area contributed by atoms with Crippen LogP contribution in [0.1, 0.15) is 58.1 Å². The van der Waals surface area contributed by atoms with Gasteiger partial charge in [0.25, 0.3) is 11.8 Å². The Hall–Kier alpha value is -3.19. The van der Waals surface area contributed by atoms with E-state index in [1.807, 2.05) is 13.0 Å². The third-order valence-corrected chi connectivity index (χ3v) is 6.83. The molecule has 2 amide bonds. The number of hydrogen-bond donors (Lipinski definition) is 1. The number of carbonyl (C=O) groups excluding carboxylic acids is 2. The number of ether oxygens (including phenoxy) is 1. The predicted molar refractivity (Wildman–Crippen MR) is 140 cm³/mol. The van der Waals surface area contributed by atoms with Crippen molar-refractivity contribution in [2.24, 2.45) is 0 Å². The van der Waals surface area contributed by atoms with Gasteiger partial charge in [-0.15, -0.1) is 0 Å². The maximum absolute atomic E-state index is 13.4. The normalized spacial score (nSPS) is 20.9. The van der Waals surface area contributed by atoms with E-state index in [4.69, 9.17) is 17.0 Å². The van der Waals surface area contributed by atoms with Crippen LogP contribution < -0.4 is 19.9 Å². The summed E-state index contributed by atoms with van der Waals surface area (Å²) in [6.45, 7) is 12.3. The Bertz CT molecular complexity index is 1170. The second-order valence-electron chi connectivity index (χ2n) is 9.36. The van der Waals surface area contributed by atoms with Crippen LogP contribution in [0.2, 0.25) is 0 Å². The van der Waals surface area contributed by atoms with Crippen LogP contribution >= 0.6 is 12.2 Å². The molecule has 2 aromatic rings. The number of anilines is 2. The van der Waals surface area contributed by atoms with E-state index in [9.17, 15) is 9.59 Å². The van der Waals surface area contributed by atoms with Gasteiger partial charge < -0.3 is 9.64 Å². The van der Waals surface area contributed by atoms with Gasteiger partial charge in [0.15, 0.2) is 5.11 Å². The first-order valence-electron chi connectivity index (χ1n) is 11.7. The molecule has 4 rings (SSSR count). The summed E-state index contributed by atoms with van der Waals surface area (Å²) in [5.74, 6) is 0.142. The first-order chi connectivity index (χ1) is 16.2. The lowest BCUT2D eigenvalue weighted by Gasteiger charge is -2.47. The van der Waals surface area contributed by atoms with E-state index in [2.05, 4.69) is 50.0 Å². The van der Waals surface area contributed by atoms with E-state index in [1.54, 1.807) is 30.3 Å². The van der Waals surface area contributed by atoms with Gasteiger partial charge in [-0.05, 0) is 106 Å². The molecule has 1 atom stereocenters. The number of hydrogen-bond acceptors (Lipinski definition) is 5. The molecule has 2 aliphatic rings. The van der Waals surface area contributed by atoms with Crippen LogP contribution in [-0.4, -0.2) is 35.6 Å². The minimum absolute atomic E-state index is 0.0542. The Kier molecular flexibility index (Phi) is 6.49. The van der Waals surface area contributed by atoms with Gasteiger partial charge in [0.2, 0.25) is 0 Å². The lowest BCUT2D eigenvalue weighted by Crippen LogP contribution is -2.54. The van der Waals surface area contributed by atoms with Crippen LogP contribution in [0, 0.1) is 0 Å². The molecule has 6 nitrogen and oxygen atoms in total. The van der Waals surface area contributed by atoms with Crippen molar-refractivity contribution >= 4 is 46.6 Å². The number of nitrogens with zero attached hydrogens (tertiary/aromatic N) is 2. The fourth-order valence-electron chi connectivity index (χ4n) is 5.11. The van der Waals surface area contributed by atoms with Crippen molar-refractivity contribution in [1.82, 2.24) is 5.32 Å². The zero-order chi connectivity index (χ0) is 24.6. The first kappa shape index (κ1) is 24.0. The molecule has 0 aliphatic carbocycles. The van der Waals surface area contributed by atoms with Gasteiger partial charge in [0, 0.05) is 17.8 Å². The molecule has 0 bridgehead atoms. The van der Waals surface area contributed by atoms with Crippen molar-refractivity contribution in [3.05, 3.63) is 59.2 Å². The first-order valence-corrected chi connectivity index (χ1v) is 12.1. The third-order valence-electron chi connectivity index (χ3n) is 6.54. The second kappa shape index (κ2) is 9.22. The molecule has 0 saturated carbocycles. The zero-order valence-corrected chi connectivity index (χ0v) is 21.2. The molecule has 0 radical (unpaired) electrons. The van der Waals surface area contributed by atoms with Crippen molar-refractivity contribution < 1.29 is 14.3 Å². The minimum atomic E-state index is -0.487. The highest BCUT2D eigenvalue weighted by atomic mass is 32.1. The Balaban J connectivity index is 1.68. The van der Waals surface area contributed by atoms with Crippen LogP contribution in [0.15, 0.2) is 48.0 Å². The van der Waals surface area contributed by atoms with E-state index in [0.717, 1.165) is 18.5 Å². The molecule has 178 valence electrons. The predicted octanol–water partition coefficient (Wildman–Crippen LogP) is 5.03. The molecule has 0 unspecified atom stereocenters. The van der Waals surface area contributed by atoms with Crippen molar-refractivity contribution in [1.29, 1.82) is 0 Å². The maximum atomic E-state index is 13.4. The van der Waals surface area contributed by atoms with Gasteiger partial charge in [0.05, 0.1) is 12.3 Å². The van der Waals surface area contributed by atoms with Crippen LogP contribution in [-0.2, 0) is 9.59 Å². The largest absolute Gasteiger partial charge is 0.494 e. The number of benzene rings is 2. The van der Waals surface area contributed by atoms with Gasteiger partial charge >= 0.3 is 0 Å². The number of rotatable bonds is 5. The summed E-state index contributed by atoms with van der Waals surface area (Å²) >= 11 is 5.32. The molecule has 34 heavy (non-hydrogen) atoms. The number of carbonyl (C=O) groups is 2. The quantitative estimate of drug-likeness (QED) is 0.372. The van der Waals surface area contributed by atoms with Crippen molar-refractivity contribution in [3.63, 3.8) is 0 Å². The molecule has 0 aromatic heterocycles. The third kappa shape index (κ3) is 4.32. The van der Waals surface area contributed by atoms with Gasteiger partial charge in [-0.3, -0.25) is 19.8 Å². The topological polar surface area (TPSA) is 61.9 Å². The summed E-state index contributed by atoms with van der Waals surface area (Å²) in [5.41, 5.74) is 3.97. The summed E-state index contributed by atoms with van der Waals surface area (Å²) in [7, 11) is 0. The number of fused-ring (bicyclic) bond motifs is 1. The molecule has 1 fully saturated rings.